The number of rotatable bonds is 1. The third kappa shape index (κ3) is 1.67. The van der Waals surface area contributed by atoms with Crippen LogP contribution in [0.15, 0.2) is 12.3 Å². The van der Waals surface area contributed by atoms with Crippen molar-refractivity contribution in [2.45, 2.75) is 38.7 Å². The first-order chi connectivity index (χ1) is 8.59. The lowest BCUT2D eigenvalue weighted by Crippen LogP contribution is -2.31. The topological polar surface area (TPSA) is 42.4 Å². The molecule has 2 aliphatic rings. The van der Waals surface area contributed by atoms with Gasteiger partial charge in [0, 0.05) is 24.8 Å². The predicted molar refractivity (Wildman–Crippen MR) is 68.7 cm³/mol. The van der Waals surface area contributed by atoms with Crippen LogP contribution in [0.2, 0.25) is 0 Å². The largest absolute Gasteiger partial charge is 0.451 e. The van der Waals surface area contributed by atoms with Gasteiger partial charge in [-0.2, -0.15) is 0 Å². The van der Waals surface area contributed by atoms with Crippen LogP contribution in [0.5, 0.6) is 0 Å². The third-order valence-corrected chi connectivity index (χ3v) is 3.79. The first kappa shape index (κ1) is 11.5. The lowest BCUT2D eigenvalue weighted by molar-refractivity contribution is 0.00957. The number of nitrogens with zero attached hydrogens (tertiary/aromatic N) is 2. The van der Waals surface area contributed by atoms with Gasteiger partial charge in [-0.15, -0.1) is 0 Å². The molecule has 0 spiro atoms. The fourth-order valence-corrected chi connectivity index (χ4v) is 2.84. The molecule has 1 saturated heterocycles. The number of anilines is 1. The number of pyridine rings is 1. The van der Waals surface area contributed by atoms with Crippen LogP contribution in [0.3, 0.4) is 0 Å². The molecule has 0 unspecified atom stereocenters. The average Bonchev–Trinajstić information content (AvgIpc) is 2.61. The summed E-state index contributed by atoms with van der Waals surface area (Å²) in [5.41, 5.74) is 1.10. The second-order valence-corrected chi connectivity index (χ2v) is 5.50. The highest BCUT2D eigenvalue weighted by molar-refractivity contribution is 5.99. The Morgan fingerprint density at radius 2 is 2.00 bits per heavy atom. The molecule has 1 aromatic heterocycles. The minimum Gasteiger partial charge on any atom is -0.451 e. The predicted octanol–water partition coefficient (Wildman–Crippen LogP) is 2.48. The highest BCUT2D eigenvalue weighted by Crippen LogP contribution is 2.39. The van der Waals surface area contributed by atoms with Crippen molar-refractivity contribution in [1.82, 2.24) is 4.98 Å². The summed E-state index contributed by atoms with van der Waals surface area (Å²) in [6.07, 6.45) is 5.39. The first-order valence-electron chi connectivity index (χ1n) is 6.57. The Bertz CT molecular complexity index is 491. The fourth-order valence-electron chi connectivity index (χ4n) is 2.84. The second-order valence-electron chi connectivity index (χ2n) is 5.50. The van der Waals surface area contributed by atoms with Gasteiger partial charge in [0.25, 0.3) is 0 Å². The Morgan fingerprint density at radius 1 is 1.28 bits per heavy atom. The van der Waals surface area contributed by atoms with Gasteiger partial charge >= 0.3 is 5.97 Å². The van der Waals surface area contributed by atoms with E-state index in [-0.39, 0.29) is 5.97 Å². The summed E-state index contributed by atoms with van der Waals surface area (Å²) in [7, 11) is 0. The van der Waals surface area contributed by atoms with E-state index in [4.69, 9.17) is 4.74 Å². The molecule has 3 rings (SSSR count). The zero-order valence-corrected chi connectivity index (χ0v) is 10.9. The summed E-state index contributed by atoms with van der Waals surface area (Å²) in [6.45, 7) is 5.82. The molecule has 0 radical (unpaired) electrons. The van der Waals surface area contributed by atoms with Crippen LogP contribution in [-0.4, -0.2) is 24.0 Å². The summed E-state index contributed by atoms with van der Waals surface area (Å²) < 4.78 is 5.45. The number of esters is 1. The molecule has 1 fully saturated rings. The Balaban J connectivity index is 2.07. The van der Waals surface area contributed by atoms with Gasteiger partial charge in [0.1, 0.15) is 17.0 Å². The van der Waals surface area contributed by atoms with Crippen molar-refractivity contribution in [2.24, 2.45) is 0 Å². The van der Waals surface area contributed by atoms with Gasteiger partial charge in [0.2, 0.25) is 0 Å². The number of cyclic esters (lactones) is 1. The summed E-state index contributed by atoms with van der Waals surface area (Å²) in [5, 5.41) is 0. The number of ether oxygens (including phenoxy) is 1. The minimum atomic E-state index is -0.528. The molecule has 0 aromatic carbocycles. The van der Waals surface area contributed by atoms with E-state index in [1.807, 2.05) is 19.9 Å². The Kier molecular flexibility index (Phi) is 2.54. The zero-order valence-electron chi connectivity index (χ0n) is 10.9. The molecule has 0 aliphatic carbocycles. The molecule has 3 heterocycles. The number of hydrogen-bond acceptors (Lipinski definition) is 4. The van der Waals surface area contributed by atoms with Crippen LogP contribution in [0.25, 0.3) is 0 Å². The molecule has 18 heavy (non-hydrogen) atoms. The lowest BCUT2D eigenvalue weighted by Gasteiger charge is -2.28. The van der Waals surface area contributed by atoms with Crippen LogP contribution in [0.1, 0.15) is 49.0 Å². The molecular formula is C14H18N2O2. The number of fused-ring (bicyclic) bond motifs is 1. The molecule has 0 N–H and O–H groups in total. The zero-order chi connectivity index (χ0) is 12.8. The molecule has 0 atom stereocenters. The number of piperidine rings is 1. The molecule has 0 saturated carbocycles. The molecule has 96 valence electrons. The van der Waals surface area contributed by atoms with Crippen molar-refractivity contribution in [3.8, 4) is 0 Å². The number of hydrogen-bond donors (Lipinski definition) is 0. The Morgan fingerprint density at radius 3 is 2.72 bits per heavy atom. The van der Waals surface area contributed by atoms with Crippen molar-refractivity contribution < 1.29 is 9.53 Å². The standard InChI is InChI=1S/C14H18N2O2/c1-14(2)10-6-7-15-12(11(10)13(17)18-14)16-8-4-3-5-9-16/h6-7H,3-5,8-9H2,1-2H3. The normalized spacial score (nSPS) is 21.7. The van der Waals surface area contributed by atoms with Gasteiger partial charge in [0.15, 0.2) is 0 Å². The Labute approximate surface area is 107 Å². The van der Waals surface area contributed by atoms with Crippen LogP contribution in [0.4, 0.5) is 5.82 Å². The van der Waals surface area contributed by atoms with Crippen molar-refractivity contribution in [1.29, 1.82) is 0 Å². The van der Waals surface area contributed by atoms with Crippen molar-refractivity contribution >= 4 is 11.8 Å². The van der Waals surface area contributed by atoms with Gasteiger partial charge in [-0.3, -0.25) is 0 Å². The summed E-state index contributed by atoms with van der Waals surface area (Å²) >= 11 is 0. The van der Waals surface area contributed by atoms with Gasteiger partial charge in [-0.1, -0.05) is 0 Å². The minimum absolute atomic E-state index is 0.233. The van der Waals surface area contributed by atoms with Crippen LogP contribution >= 0.6 is 0 Å². The molecule has 4 heteroatoms. The molecule has 0 bridgehead atoms. The average molecular weight is 246 g/mol. The number of carbonyl (C=O) groups excluding carboxylic acids is 1. The maximum absolute atomic E-state index is 12.1. The summed E-state index contributed by atoms with van der Waals surface area (Å²) in [5.74, 6) is 0.575. The quantitative estimate of drug-likeness (QED) is 0.714. The summed E-state index contributed by atoms with van der Waals surface area (Å²) in [4.78, 5) is 18.7. The van der Waals surface area contributed by atoms with Gasteiger partial charge in [-0.25, -0.2) is 9.78 Å². The second kappa shape index (κ2) is 3.97. The highest BCUT2D eigenvalue weighted by Gasteiger charge is 2.40. The van der Waals surface area contributed by atoms with E-state index in [2.05, 4.69) is 9.88 Å². The van der Waals surface area contributed by atoms with Gasteiger partial charge in [0.05, 0.1) is 0 Å². The lowest BCUT2D eigenvalue weighted by atomic mass is 9.96. The Hall–Kier alpha value is -1.58. The van der Waals surface area contributed by atoms with E-state index >= 15 is 0 Å². The maximum atomic E-state index is 12.1. The van der Waals surface area contributed by atoms with E-state index in [0.717, 1.165) is 24.5 Å². The maximum Gasteiger partial charge on any atom is 0.343 e. The van der Waals surface area contributed by atoms with Crippen molar-refractivity contribution in [3.63, 3.8) is 0 Å². The number of aromatic nitrogens is 1. The van der Waals surface area contributed by atoms with E-state index in [9.17, 15) is 4.79 Å². The SMILES string of the molecule is CC1(C)OC(=O)c2c1ccnc2N1CCCCC1. The van der Waals surface area contributed by atoms with Gasteiger partial charge < -0.3 is 9.64 Å². The molecule has 2 aliphatic heterocycles. The third-order valence-electron chi connectivity index (χ3n) is 3.79. The van der Waals surface area contributed by atoms with Crippen molar-refractivity contribution in [2.75, 3.05) is 18.0 Å². The first-order valence-corrected chi connectivity index (χ1v) is 6.57. The fraction of sp³-hybridized carbons (Fsp3) is 0.571. The smallest absolute Gasteiger partial charge is 0.343 e. The van der Waals surface area contributed by atoms with Crippen LogP contribution in [0, 0.1) is 0 Å². The molecular weight excluding hydrogens is 228 g/mol. The highest BCUT2D eigenvalue weighted by atomic mass is 16.6. The van der Waals surface area contributed by atoms with E-state index in [1.165, 1.54) is 19.3 Å². The van der Waals surface area contributed by atoms with Gasteiger partial charge in [-0.05, 0) is 39.2 Å². The van der Waals surface area contributed by atoms with E-state index in [1.54, 1.807) is 6.20 Å². The van der Waals surface area contributed by atoms with Crippen molar-refractivity contribution in [3.05, 3.63) is 23.4 Å². The summed E-state index contributed by atoms with van der Waals surface area (Å²) in [6, 6.07) is 1.90. The van der Waals surface area contributed by atoms with Crippen LogP contribution in [-0.2, 0) is 10.3 Å². The van der Waals surface area contributed by atoms with Crippen LogP contribution < -0.4 is 4.90 Å². The number of carbonyl (C=O) groups is 1. The van der Waals surface area contributed by atoms with E-state index in [0.29, 0.717) is 5.56 Å². The molecule has 0 amide bonds. The molecule has 4 nitrogen and oxygen atoms in total. The monoisotopic (exact) mass is 246 g/mol. The molecule has 1 aromatic rings. The van der Waals surface area contributed by atoms with E-state index < -0.39 is 5.60 Å².